The number of rotatable bonds is 2. The average molecular weight is 287 g/mol. The summed E-state index contributed by atoms with van der Waals surface area (Å²) in [4.78, 5) is 11.2. The van der Waals surface area contributed by atoms with E-state index in [2.05, 4.69) is 25.1 Å². The molecule has 1 spiro atoms. The van der Waals surface area contributed by atoms with E-state index in [-0.39, 0.29) is 0 Å². The molecule has 1 saturated heterocycles. The number of aromatic amines is 1. The zero-order chi connectivity index (χ0) is 14.3. The van der Waals surface area contributed by atoms with Gasteiger partial charge < -0.3 is 9.64 Å². The molecule has 0 bridgehead atoms. The third-order valence-corrected chi connectivity index (χ3v) is 5.24. The SMILES string of the molecule is CO[C@@H]1CCC[C@]12CCCN(c1ncnc3[nH]ncc13)C2. The number of fused-ring (bicyclic) bond motifs is 1. The van der Waals surface area contributed by atoms with Gasteiger partial charge in [0.15, 0.2) is 5.65 Å². The van der Waals surface area contributed by atoms with Crippen LogP contribution >= 0.6 is 0 Å². The van der Waals surface area contributed by atoms with E-state index in [1.807, 2.05) is 13.3 Å². The Morgan fingerprint density at radius 2 is 2.24 bits per heavy atom. The summed E-state index contributed by atoms with van der Waals surface area (Å²) in [6, 6.07) is 0. The minimum Gasteiger partial charge on any atom is -0.381 e. The minimum atomic E-state index is 0.300. The van der Waals surface area contributed by atoms with Crippen LogP contribution in [-0.2, 0) is 4.74 Å². The third kappa shape index (κ3) is 2.00. The molecule has 6 nitrogen and oxygen atoms in total. The molecular weight excluding hydrogens is 266 g/mol. The van der Waals surface area contributed by atoms with Gasteiger partial charge in [0.2, 0.25) is 0 Å². The third-order valence-electron chi connectivity index (χ3n) is 5.24. The number of ether oxygens (including phenoxy) is 1. The first kappa shape index (κ1) is 13.0. The Labute approximate surface area is 123 Å². The van der Waals surface area contributed by atoms with Gasteiger partial charge in [0.25, 0.3) is 0 Å². The Kier molecular flexibility index (Phi) is 3.06. The van der Waals surface area contributed by atoms with Gasteiger partial charge in [-0.15, -0.1) is 0 Å². The van der Waals surface area contributed by atoms with Gasteiger partial charge in [-0.25, -0.2) is 9.97 Å². The summed E-state index contributed by atoms with van der Waals surface area (Å²) in [6.07, 6.45) is 10.0. The molecule has 1 aliphatic carbocycles. The van der Waals surface area contributed by atoms with Crippen molar-refractivity contribution >= 4 is 16.9 Å². The first-order chi connectivity index (χ1) is 10.3. The fourth-order valence-electron chi connectivity index (χ4n) is 4.29. The maximum atomic E-state index is 5.78. The van der Waals surface area contributed by atoms with Crippen molar-refractivity contribution in [3.8, 4) is 0 Å². The van der Waals surface area contributed by atoms with Crippen LogP contribution in [0.25, 0.3) is 11.0 Å². The summed E-state index contributed by atoms with van der Waals surface area (Å²) in [7, 11) is 1.86. The smallest absolute Gasteiger partial charge is 0.160 e. The second-order valence-electron chi connectivity index (χ2n) is 6.33. The van der Waals surface area contributed by atoms with Crippen LogP contribution in [0.3, 0.4) is 0 Å². The quantitative estimate of drug-likeness (QED) is 0.916. The lowest BCUT2D eigenvalue weighted by Gasteiger charge is -2.44. The van der Waals surface area contributed by atoms with Crippen LogP contribution < -0.4 is 4.90 Å². The maximum Gasteiger partial charge on any atom is 0.160 e. The Bertz CT molecular complexity index is 642. The zero-order valence-corrected chi connectivity index (χ0v) is 12.4. The fourth-order valence-corrected chi connectivity index (χ4v) is 4.29. The Morgan fingerprint density at radius 3 is 3.14 bits per heavy atom. The highest BCUT2D eigenvalue weighted by Gasteiger charge is 2.46. The number of methoxy groups -OCH3 is 1. The molecule has 0 unspecified atom stereocenters. The van der Waals surface area contributed by atoms with E-state index < -0.39 is 0 Å². The van der Waals surface area contributed by atoms with Crippen molar-refractivity contribution in [1.29, 1.82) is 0 Å². The number of anilines is 1. The molecule has 2 aromatic heterocycles. The van der Waals surface area contributed by atoms with Crippen molar-refractivity contribution in [3.05, 3.63) is 12.5 Å². The normalized spacial score (nSPS) is 29.6. The van der Waals surface area contributed by atoms with Crippen LogP contribution in [0, 0.1) is 5.41 Å². The zero-order valence-electron chi connectivity index (χ0n) is 12.4. The van der Waals surface area contributed by atoms with E-state index in [4.69, 9.17) is 4.74 Å². The van der Waals surface area contributed by atoms with Gasteiger partial charge in [0, 0.05) is 25.6 Å². The number of H-pyrrole nitrogens is 1. The summed E-state index contributed by atoms with van der Waals surface area (Å²) in [6.45, 7) is 2.08. The largest absolute Gasteiger partial charge is 0.381 e. The standard InChI is InChI=1S/C15H21N5O/c1-21-12-4-2-5-15(12)6-3-7-20(9-15)14-11-8-18-19-13(11)16-10-17-14/h8,10,12H,2-7,9H2,1H3,(H,16,17,18,19)/t12-,15-/m1/s1. The topological polar surface area (TPSA) is 66.9 Å². The average Bonchev–Trinajstić information content (AvgIpc) is 3.13. The number of hydrogen-bond donors (Lipinski definition) is 1. The summed E-state index contributed by atoms with van der Waals surface area (Å²) >= 11 is 0. The molecular formula is C15H21N5O. The molecule has 2 atom stereocenters. The first-order valence-electron chi connectivity index (χ1n) is 7.74. The minimum absolute atomic E-state index is 0.300. The van der Waals surface area contributed by atoms with Crippen LogP contribution in [0.2, 0.25) is 0 Å². The lowest BCUT2D eigenvalue weighted by molar-refractivity contribution is 0.00220. The van der Waals surface area contributed by atoms with Crippen molar-refractivity contribution in [2.24, 2.45) is 5.41 Å². The molecule has 1 saturated carbocycles. The van der Waals surface area contributed by atoms with Crippen molar-refractivity contribution in [2.45, 2.75) is 38.2 Å². The number of nitrogens with zero attached hydrogens (tertiary/aromatic N) is 4. The van der Waals surface area contributed by atoms with Crippen molar-refractivity contribution < 1.29 is 4.74 Å². The molecule has 0 amide bonds. The van der Waals surface area contributed by atoms with E-state index in [1.165, 1.54) is 32.1 Å². The van der Waals surface area contributed by atoms with Crippen LogP contribution in [0.5, 0.6) is 0 Å². The molecule has 2 fully saturated rings. The lowest BCUT2D eigenvalue weighted by Crippen LogP contribution is -2.48. The van der Waals surface area contributed by atoms with E-state index >= 15 is 0 Å². The van der Waals surface area contributed by atoms with E-state index in [0.717, 1.165) is 29.9 Å². The number of aromatic nitrogens is 4. The van der Waals surface area contributed by atoms with Gasteiger partial charge >= 0.3 is 0 Å². The summed E-state index contributed by atoms with van der Waals surface area (Å²) < 4.78 is 5.78. The van der Waals surface area contributed by atoms with Crippen molar-refractivity contribution in [2.75, 3.05) is 25.1 Å². The fraction of sp³-hybridized carbons (Fsp3) is 0.667. The van der Waals surface area contributed by atoms with E-state index in [9.17, 15) is 0 Å². The molecule has 2 aliphatic rings. The van der Waals surface area contributed by atoms with Crippen molar-refractivity contribution in [3.63, 3.8) is 0 Å². The second kappa shape index (κ2) is 4.94. The second-order valence-corrected chi connectivity index (χ2v) is 6.33. The predicted molar refractivity (Wildman–Crippen MR) is 80.2 cm³/mol. The molecule has 112 valence electrons. The van der Waals surface area contributed by atoms with Gasteiger partial charge in [-0.2, -0.15) is 5.10 Å². The highest BCUT2D eigenvalue weighted by molar-refractivity contribution is 5.86. The van der Waals surface area contributed by atoms with Gasteiger partial charge in [-0.05, 0) is 25.7 Å². The Balaban J connectivity index is 1.68. The van der Waals surface area contributed by atoms with Crippen LogP contribution in [0.1, 0.15) is 32.1 Å². The first-order valence-corrected chi connectivity index (χ1v) is 7.74. The van der Waals surface area contributed by atoms with Crippen LogP contribution in [0.15, 0.2) is 12.5 Å². The summed E-state index contributed by atoms with van der Waals surface area (Å²) in [5, 5.41) is 8.04. The Hall–Kier alpha value is -1.69. The van der Waals surface area contributed by atoms with Gasteiger partial charge in [-0.3, -0.25) is 5.10 Å². The molecule has 6 heteroatoms. The van der Waals surface area contributed by atoms with Gasteiger partial charge in [-0.1, -0.05) is 6.42 Å². The predicted octanol–water partition coefficient (Wildman–Crippen LogP) is 2.14. The number of nitrogens with one attached hydrogen (secondary N) is 1. The molecule has 1 aliphatic heterocycles. The summed E-state index contributed by atoms with van der Waals surface area (Å²) in [5.74, 6) is 1.01. The molecule has 0 aromatic carbocycles. The maximum absolute atomic E-state index is 5.78. The monoisotopic (exact) mass is 287 g/mol. The molecule has 1 N–H and O–H groups in total. The van der Waals surface area contributed by atoms with Crippen molar-refractivity contribution in [1.82, 2.24) is 20.2 Å². The molecule has 3 heterocycles. The van der Waals surface area contributed by atoms with Crippen LogP contribution in [-0.4, -0.2) is 46.5 Å². The van der Waals surface area contributed by atoms with Gasteiger partial charge in [0.05, 0.1) is 17.7 Å². The molecule has 2 aromatic rings. The molecule has 21 heavy (non-hydrogen) atoms. The van der Waals surface area contributed by atoms with Gasteiger partial charge in [0.1, 0.15) is 12.1 Å². The Morgan fingerprint density at radius 1 is 1.33 bits per heavy atom. The number of hydrogen-bond acceptors (Lipinski definition) is 5. The summed E-state index contributed by atoms with van der Waals surface area (Å²) in [5.41, 5.74) is 1.11. The lowest BCUT2D eigenvalue weighted by atomic mass is 9.76. The highest BCUT2D eigenvalue weighted by atomic mass is 16.5. The van der Waals surface area contributed by atoms with E-state index in [0.29, 0.717) is 11.5 Å². The highest BCUT2D eigenvalue weighted by Crippen LogP contribution is 2.47. The van der Waals surface area contributed by atoms with E-state index in [1.54, 1.807) is 6.33 Å². The molecule has 4 rings (SSSR count). The number of piperidine rings is 1. The van der Waals surface area contributed by atoms with Crippen LogP contribution in [0.4, 0.5) is 5.82 Å². The molecule has 0 radical (unpaired) electrons.